The van der Waals surface area contributed by atoms with E-state index in [0.717, 1.165) is 10.6 Å². The summed E-state index contributed by atoms with van der Waals surface area (Å²) in [5.74, 6) is 0.824. The molecule has 2 amide bonds. The topological polar surface area (TPSA) is 84.7 Å². The lowest BCUT2D eigenvalue weighted by atomic mass is 10.1. The Balaban J connectivity index is 1.31. The molecule has 8 heteroatoms. The lowest BCUT2D eigenvalue weighted by Gasteiger charge is -2.26. The van der Waals surface area contributed by atoms with Gasteiger partial charge in [0.05, 0.1) is 29.6 Å². The summed E-state index contributed by atoms with van der Waals surface area (Å²) in [7, 11) is 0. The Kier molecular flexibility index (Phi) is 5.43. The van der Waals surface area contributed by atoms with Gasteiger partial charge in [0, 0.05) is 17.8 Å². The summed E-state index contributed by atoms with van der Waals surface area (Å²) in [4.78, 5) is 32.8. The van der Waals surface area contributed by atoms with Crippen LogP contribution in [0.4, 0.5) is 5.13 Å². The second-order valence-corrected chi connectivity index (χ2v) is 8.33. The van der Waals surface area contributed by atoms with Gasteiger partial charge >= 0.3 is 0 Å². The summed E-state index contributed by atoms with van der Waals surface area (Å²) in [6, 6.07) is 18.2. The van der Waals surface area contributed by atoms with E-state index >= 15 is 0 Å². The Bertz CT molecular complexity index is 1250. The number of ether oxygens (including phenoxy) is 1. The molecule has 1 aliphatic rings. The molecule has 7 nitrogen and oxygen atoms in total. The van der Waals surface area contributed by atoms with Gasteiger partial charge in [0.25, 0.3) is 11.8 Å². The van der Waals surface area contributed by atoms with Gasteiger partial charge in [0.15, 0.2) is 5.13 Å². The van der Waals surface area contributed by atoms with E-state index in [2.05, 4.69) is 10.3 Å². The average Bonchev–Trinajstić information content (AvgIpc) is 3.49. The minimum Gasteiger partial charge on any atom is -0.472 e. The van der Waals surface area contributed by atoms with Crippen molar-refractivity contribution < 1.29 is 18.7 Å². The molecule has 0 bridgehead atoms. The molecule has 4 aromatic rings. The van der Waals surface area contributed by atoms with E-state index in [1.807, 2.05) is 42.5 Å². The molecular formula is C24H19N3O4S. The van der Waals surface area contributed by atoms with E-state index in [1.54, 1.807) is 23.1 Å². The van der Waals surface area contributed by atoms with E-state index in [4.69, 9.17) is 9.15 Å². The van der Waals surface area contributed by atoms with E-state index in [-0.39, 0.29) is 11.8 Å². The van der Waals surface area contributed by atoms with Crippen LogP contribution in [0.3, 0.4) is 0 Å². The number of rotatable bonds is 5. The van der Waals surface area contributed by atoms with Crippen molar-refractivity contribution in [2.45, 2.75) is 13.0 Å². The molecule has 5 rings (SSSR count). The number of benzene rings is 2. The van der Waals surface area contributed by atoms with Gasteiger partial charge < -0.3 is 14.1 Å². The van der Waals surface area contributed by atoms with E-state index < -0.39 is 0 Å². The molecule has 2 aromatic carbocycles. The normalized spacial score (nSPS) is 12.8. The molecule has 0 radical (unpaired) electrons. The summed E-state index contributed by atoms with van der Waals surface area (Å²) in [5, 5.41) is 3.32. The number of nitrogens with zero attached hydrogens (tertiary/aromatic N) is 2. The van der Waals surface area contributed by atoms with Crippen molar-refractivity contribution in [1.29, 1.82) is 0 Å². The van der Waals surface area contributed by atoms with Gasteiger partial charge in [-0.25, -0.2) is 4.98 Å². The maximum Gasteiger partial charge on any atom is 0.260 e. The van der Waals surface area contributed by atoms with Crippen molar-refractivity contribution in [1.82, 2.24) is 9.88 Å². The molecule has 1 N–H and O–H groups in total. The minimum absolute atomic E-state index is 0.0976. The fourth-order valence-electron chi connectivity index (χ4n) is 3.50. The first kappa shape index (κ1) is 20.0. The predicted molar refractivity (Wildman–Crippen MR) is 120 cm³/mol. The monoisotopic (exact) mass is 445 g/mol. The molecule has 0 fully saturated rings. The number of nitrogens with one attached hydrogen (secondary N) is 1. The highest BCUT2D eigenvalue weighted by Crippen LogP contribution is 2.31. The summed E-state index contributed by atoms with van der Waals surface area (Å²) < 4.78 is 10.9. The van der Waals surface area contributed by atoms with Crippen LogP contribution in [0.25, 0.3) is 0 Å². The second kappa shape index (κ2) is 8.68. The number of amides is 2. The largest absolute Gasteiger partial charge is 0.472 e. The van der Waals surface area contributed by atoms with Crippen LogP contribution in [0, 0.1) is 0 Å². The highest BCUT2D eigenvalue weighted by atomic mass is 32.1. The van der Waals surface area contributed by atoms with Crippen molar-refractivity contribution in [3.05, 3.63) is 94.9 Å². The zero-order valence-corrected chi connectivity index (χ0v) is 17.8. The third-order valence-corrected chi connectivity index (χ3v) is 6.11. The molecule has 2 aromatic heterocycles. The highest BCUT2D eigenvalue weighted by Gasteiger charge is 2.27. The van der Waals surface area contributed by atoms with Crippen molar-refractivity contribution >= 4 is 28.3 Å². The van der Waals surface area contributed by atoms with E-state index in [9.17, 15) is 9.59 Å². The smallest absolute Gasteiger partial charge is 0.260 e. The Morgan fingerprint density at radius 2 is 1.88 bits per heavy atom. The number of furan rings is 1. The first-order valence-electron chi connectivity index (χ1n) is 10.1. The van der Waals surface area contributed by atoms with Gasteiger partial charge in [-0.2, -0.15) is 0 Å². The maximum atomic E-state index is 13.3. The Labute approximate surface area is 188 Å². The van der Waals surface area contributed by atoms with Gasteiger partial charge in [-0.1, -0.05) is 41.7 Å². The zero-order chi connectivity index (χ0) is 21.9. The molecule has 1 aliphatic heterocycles. The van der Waals surface area contributed by atoms with Crippen LogP contribution in [0.5, 0.6) is 11.5 Å². The molecule has 0 saturated carbocycles. The first-order valence-corrected chi connectivity index (χ1v) is 10.9. The number of thiazole rings is 1. The van der Waals surface area contributed by atoms with Gasteiger partial charge in [0.1, 0.15) is 17.8 Å². The number of para-hydroxylation sites is 2. The van der Waals surface area contributed by atoms with Crippen molar-refractivity contribution in [2.24, 2.45) is 0 Å². The number of hydrogen-bond donors (Lipinski definition) is 1. The number of carbonyl (C=O) groups excluding carboxylic acids is 2. The third-order valence-electron chi connectivity index (χ3n) is 5.11. The van der Waals surface area contributed by atoms with Crippen molar-refractivity contribution in [3.63, 3.8) is 0 Å². The van der Waals surface area contributed by atoms with E-state index in [1.165, 1.54) is 23.9 Å². The Hall–Kier alpha value is -3.91. The van der Waals surface area contributed by atoms with Gasteiger partial charge in [-0.3, -0.25) is 14.9 Å². The predicted octanol–water partition coefficient (Wildman–Crippen LogP) is 4.98. The SMILES string of the molecule is O=C(Nc1nc2c(s1)CN(C(=O)c1ccccc1Oc1ccccc1)CC2)c1ccoc1. The third kappa shape index (κ3) is 4.13. The molecule has 32 heavy (non-hydrogen) atoms. The van der Waals surface area contributed by atoms with Gasteiger partial charge in [0.2, 0.25) is 0 Å². The molecule has 160 valence electrons. The number of carbonyl (C=O) groups is 2. The van der Waals surface area contributed by atoms with Crippen LogP contribution in [0.2, 0.25) is 0 Å². The fraction of sp³-hybridized carbons (Fsp3) is 0.125. The molecule has 0 spiro atoms. The summed E-state index contributed by atoms with van der Waals surface area (Å²) in [5.41, 5.74) is 1.86. The fourth-order valence-corrected chi connectivity index (χ4v) is 4.52. The van der Waals surface area contributed by atoms with Crippen LogP contribution in [-0.2, 0) is 13.0 Å². The van der Waals surface area contributed by atoms with Crippen LogP contribution in [0.1, 0.15) is 31.3 Å². The van der Waals surface area contributed by atoms with Crippen LogP contribution >= 0.6 is 11.3 Å². The molecule has 0 aliphatic carbocycles. The van der Waals surface area contributed by atoms with Crippen molar-refractivity contribution in [3.8, 4) is 11.5 Å². The number of hydrogen-bond acceptors (Lipinski definition) is 6. The standard InChI is InChI=1S/C24H19N3O4S/c28-22(16-11-13-30-15-16)26-24-25-19-10-12-27(14-21(19)32-24)23(29)18-8-4-5-9-20(18)31-17-6-2-1-3-7-17/h1-9,11,13,15H,10,12,14H2,(H,25,26,28). The quantitative estimate of drug-likeness (QED) is 0.468. The summed E-state index contributed by atoms with van der Waals surface area (Å²) in [6.45, 7) is 0.984. The maximum absolute atomic E-state index is 13.3. The average molecular weight is 446 g/mol. The highest BCUT2D eigenvalue weighted by molar-refractivity contribution is 7.15. The number of anilines is 1. The zero-order valence-electron chi connectivity index (χ0n) is 17.0. The minimum atomic E-state index is -0.273. The Morgan fingerprint density at radius 3 is 2.69 bits per heavy atom. The summed E-state index contributed by atoms with van der Waals surface area (Å²) in [6.07, 6.45) is 3.46. The van der Waals surface area contributed by atoms with Crippen LogP contribution in [-0.4, -0.2) is 28.2 Å². The molecule has 0 saturated heterocycles. The molecular weight excluding hydrogens is 426 g/mol. The van der Waals surface area contributed by atoms with E-state index in [0.29, 0.717) is 47.3 Å². The number of fused-ring (bicyclic) bond motifs is 1. The van der Waals surface area contributed by atoms with Crippen LogP contribution in [0.15, 0.2) is 77.6 Å². The lowest BCUT2D eigenvalue weighted by molar-refractivity contribution is 0.0733. The summed E-state index contributed by atoms with van der Waals surface area (Å²) >= 11 is 1.39. The first-order chi connectivity index (χ1) is 15.7. The Morgan fingerprint density at radius 1 is 1.06 bits per heavy atom. The second-order valence-electron chi connectivity index (χ2n) is 7.24. The van der Waals surface area contributed by atoms with Gasteiger partial charge in [-0.05, 0) is 30.3 Å². The molecule has 0 atom stereocenters. The van der Waals surface area contributed by atoms with Crippen LogP contribution < -0.4 is 10.1 Å². The van der Waals surface area contributed by atoms with Crippen molar-refractivity contribution in [2.75, 3.05) is 11.9 Å². The molecule has 3 heterocycles. The van der Waals surface area contributed by atoms with Gasteiger partial charge in [-0.15, -0.1) is 0 Å². The molecule has 0 unspecified atom stereocenters. The number of aromatic nitrogens is 1. The lowest BCUT2D eigenvalue weighted by Crippen LogP contribution is -2.35.